The van der Waals surface area contributed by atoms with Crippen LogP contribution in [0.4, 0.5) is 0 Å². The van der Waals surface area contributed by atoms with E-state index in [0.717, 1.165) is 29.1 Å². The van der Waals surface area contributed by atoms with Crippen LogP contribution in [0.25, 0.3) is 11.3 Å². The van der Waals surface area contributed by atoms with Crippen molar-refractivity contribution in [3.05, 3.63) is 36.0 Å². The van der Waals surface area contributed by atoms with Gasteiger partial charge in [-0.1, -0.05) is 12.1 Å². The first-order valence-corrected chi connectivity index (χ1v) is 6.11. The van der Waals surface area contributed by atoms with Crippen LogP contribution in [0.1, 0.15) is 5.69 Å². The molecule has 0 saturated carbocycles. The van der Waals surface area contributed by atoms with Gasteiger partial charge in [-0.2, -0.15) is 10.2 Å². The highest BCUT2D eigenvalue weighted by Crippen LogP contribution is 2.34. The molecule has 0 spiro atoms. The third kappa shape index (κ3) is 1.55. The van der Waals surface area contributed by atoms with Gasteiger partial charge < -0.3 is 5.11 Å². The van der Waals surface area contributed by atoms with Gasteiger partial charge in [-0.3, -0.25) is 0 Å². The zero-order chi connectivity index (χ0) is 11.0. The van der Waals surface area contributed by atoms with Crippen molar-refractivity contribution in [3.8, 4) is 17.0 Å². The van der Waals surface area contributed by atoms with Crippen LogP contribution in [0, 0.1) is 0 Å². The van der Waals surface area contributed by atoms with Gasteiger partial charge in [0.25, 0.3) is 0 Å². The van der Waals surface area contributed by atoms with E-state index in [1.54, 1.807) is 23.9 Å². The highest BCUT2D eigenvalue weighted by atomic mass is 32.2. The second-order valence-corrected chi connectivity index (χ2v) is 4.79. The van der Waals surface area contributed by atoms with E-state index in [2.05, 4.69) is 10.2 Å². The molecule has 16 heavy (non-hydrogen) atoms. The zero-order valence-corrected chi connectivity index (χ0v) is 9.37. The average molecular weight is 230 g/mol. The Bertz CT molecular complexity index is 542. The molecule has 3 nitrogen and oxygen atoms in total. The van der Waals surface area contributed by atoms with Gasteiger partial charge in [0.15, 0.2) is 0 Å². The Hall–Kier alpha value is -1.55. The lowest BCUT2D eigenvalue weighted by Crippen LogP contribution is -1.93. The maximum absolute atomic E-state index is 9.74. The molecule has 1 aromatic carbocycles. The quantitative estimate of drug-likeness (QED) is 0.817. The van der Waals surface area contributed by atoms with Gasteiger partial charge in [0.1, 0.15) is 5.75 Å². The molecule has 0 aliphatic carbocycles. The SMILES string of the molecule is Oc1ccccc1-c1cc2c(nn1)CCS2. The number of aryl methyl sites for hydroxylation is 1. The summed E-state index contributed by atoms with van der Waals surface area (Å²) in [5.41, 5.74) is 2.56. The van der Waals surface area contributed by atoms with Crippen molar-refractivity contribution in [2.24, 2.45) is 0 Å². The molecule has 0 radical (unpaired) electrons. The van der Waals surface area contributed by atoms with Gasteiger partial charge in [-0.25, -0.2) is 0 Å². The summed E-state index contributed by atoms with van der Waals surface area (Å²) in [5, 5.41) is 18.1. The summed E-state index contributed by atoms with van der Waals surface area (Å²) >= 11 is 1.80. The standard InChI is InChI=1S/C12H10N2OS/c15-11-4-2-1-3-8(11)10-7-12-9(13-14-10)5-6-16-12/h1-4,7,15H,5-6H2. The summed E-state index contributed by atoms with van der Waals surface area (Å²) in [7, 11) is 0. The first-order chi connectivity index (χ1) is 7.84. The summed E-state index contributed by atoms with van der Waals surface area (Å²) in [6.07, 6.45) is 0.994. The molecule has 0 atom stereocenters. The number of thioether (sulfide) groups is 1. The number of benzene rings is 1. The maximum Gasteiger partial charge on any atom is 0.125 e. The Morgan fingerprint density at radius 1 is 1.19 bits per heavy atom. The molecule has 0 saturated heterocycles. The Morgan fingerprint density at radius 2 is 2.06 bits per heavy atom. The van der Waals surface area contributed by atoms with Gasteiger partial charge in [-0.05, 0) is 18.2 Å². The maximum atomic E-state index is 9.74. The first kappa shape index (κ1) is 9.66. The predicted molar refractivity (Wildman–Crippen MR) is 63.6 cm³/mol. The van der Waals surface area contributed by atoms with E-state index in [-0.39, 0.29) is 5.75 Å². The van der Waals surface area contributed by atoms with Crippen LogP contribution in [0.15, 0.2) is 35.2 Å². The Morgan fingerprint density at radius 3 is 2.94 bits per heavy atom. The lowest BCUT2D eigenvalue weighted by molar-refractivity contribution is 0.477. The third-order valence-electron chi connectivity index (χ3n) is 2.61. The number of fused-ring (bicyclic) bond motifs is 1. The zero-order valence-electron chi connectivity index (χ0n) is 8.55. The topological polar surface area (TPSA) is 46.0 Å². The molecular formula is C12H10N2OS. The van der Waals surface area contributed by atoms with Crippen molar-refractivity contribution in [2.75, 3.05) is 5.75 Å². The van der Waals surface area contributed by atoms with Crippen molar-refractivity contribution in [1.29, 1.82) is 0 Å². The number of hydrogen-bond acceptors (Lipinski definition) is 4. The fourth-order valence-electron chi connectivity index (χ4n) is 1.78. The molecule has 1 N–H and O–H groups in total. The van der Waals surface area contributed by atoms with E-state index in [4.69, 9.17) is 0 Å². The Labute approximate surface area is 97.5 Å². The minimum absolute atomic E-state index is 0.250. The Kier molecular flexibility index (Phi) is 2.29. The normalized spacial score (nSPS) is 13.8. The number of phenols is 1. The van der Waals surface area contributed by atoms with E-state index in [1.165, 1.54) is 4.90 Å². The minimum Gasteiger partial charge on any atom is -0.507 e. The van der Waals surface area contributed by atoms with Gasteiger partial charge in [-0.15, -0.1) is 11.8 Å². The molecule has 80 valence electrons. The third-order valence-corrected chi connectivity index (χ3v) is 3.68. The largest absolute Gasteiger partial charge is 0.507 e. The number of aromatic nitrogens is 2. The van der Waals surface area contributed by atoms with E-state index in [1.807, 2.05) is 18.2 Å². The first-order valence-electron chi connectivity index (χ1n) is 5.12. The average Bonchev–Trinajstić information content (AvgIpc) is 2.76. The van der Waals surface area contributed by atoms with E-state index >= 15 is 0 Å². The minimum atomic E-state index is 0.250. The molecule has 0 unspecified atom stereocenters. The molecule has 3 rings (SSSR count). The molecular weight excluding hydrogens is 220 g/mol. The number of phenolic OH excluding ortho intramolecular Hbond substituents is 1. The summed E-state index contributed by atoms with van der Waals surface area (Å²) in [6.45, 7) is 0. The number of rotatable bonds is 1. The fraction of sp³-hybridized carbons (Fsp3) is 0.167. The van der Waals surface area contributed by atoms with Gasteiger partial charge in [0, 0.05) is 22.6 Å². The lowest BCUT2D eigenvalue weighted by atomic mass is 10.1. The van der Waals surface area contributed by atoms with E-state index < -0.39 is 0 Å². The summed E-state index contributed by atoms with van der Waals surface area (Å²) in [4.78, 5) is 1.19. The van der Waals surface area contributed by atoms with Gasteiger partial charge >= 0.3 is 0 Å². The van der Waals surface area contributed by atoms with Gasteiger partial charge in [0.2, 0.25) is 0 Å². The second-order valence-electron chi connectivity index (χ2n) is 3.66. The van der Waals surface area contributed by atoms with Gasteiger partial charge in [0.05, 0.1) is 11.4 Å². The van der Waals surface area contributed by atoms with Crippen LogP contribution in [0.3, 0.4) is 0 Å². The van der Waals surface area contributed by atoms with Crippen LogP contribution in [0.5, 0.6) is 5.75 Å². The smallest absolute Gasteiger partial charge is 0.125 e. The summed E-state index contributed by atoms with van der Waals surface area (Å²) in [6, 6.07) is 9.21. The molecule has 0 fully saturated rings. The van der Waals surface area contributed by atoms with Crippen molar-refractivity contribution < 1.29 is 5.11 Å². The monoisotopic (exact) mass is 230 g/mol. The second kappa shape index (κ2) is 3.79. The fourth-order valence-corrected chi connectivity index (χ4v) is 2.80. The highest BCUT2D eigenvalue weighted by molar-refractivity contribution is 7.99. The van der Waals surface area contributed by atoms with Crippen molar-refractivity contribution in [2.45, 2.75) is 11.3 Å². The van der Waals surface area contributed by atoms with Crippen molar-refractivity contribution >= 4 is 11.8 Å². The lowest BCUT2D eigenvalue weighted by Gasteiger charge is -2.04. The van der Waals surface area contributed by atoms with Crippen molar-refractivity contribution in [1.82, 2.24) is 10.2 Å². The molecule has 0 bridgehead atoms. The molecule has 1 aromatic heterocycles. The highest BCUT2D eigenvalue weighted by Gasteiger charge is 2.15. The molecule has 4 heteroatoms. The Balaban J connectivity index is 2.11. The van der Waals surface area contributed by atoms with Crippen LogP contribution < -0.4 is 0 Å². The van der Waals surface area contributed by atoms with Crippen LogP contribution in [0.2, 0.25) is 0 Å². The predicted octanol–water partition coefficient (Wildman–Crippen LogP) is 2.50. The number of hydrogen-bond donors (Lipinski definition) is 1. The summed E-state index contributed by atoms with van der Waals surface area (Å²) in [5.74, 6) is 1.33. The molecule has 2 aromatic rings. The number of aromatic hydroxyl groups is 1. The van der Waals surface area contributed by atoms with Crippen LogP contribution in [-0.2, 0) is 6.42 Å². The van der Waals surface area contributed by atoms with Crippen LogP contribution in [-0.4, -0.2) is 21.1 Å². The number of para-hydroxylation sites is 1. The molecule has 2 heterocycles. The van der Waals surface area contributed by atoms with E-state index in [0.29, 0.717) is 0 Å². The van der Waals surface area contributed by atoms with Crippen molar-refractivity contribution in [3.63, 3.8) is 0 Å². The van der Waals surface area contributed by atoms with E-state index in [9.17, 15) is 5.11 Å². The summed E-state index contributed by atoms with van der Waals surface area (Å²) < 4.78 is 0. The van der Waals surface area contributed by atoms with Crippen LogP contribution >= 0.6 is 11.8 Å². The molecule has 0 amide bonds. The number of nitrogens with zero attached hydrogens (tertiary/aromatic N) is 2. The molecule has 1 aliphatic rings. The molecule has 1 aliphatic heterocycles.